The predicted octanol–water partition coefficient (Wildman–Crippen LogP) is -0.298. The standard InChI is InChI=1S/C17H20N4O8S/c1-9-3-5-10(6-4-9)30(23,24)26-8-12-13-14(29-17(25-2)28-13)16(27-12)21-19-7-11(20-21)15(18)22/h3-7,12-14,16-17H,8H2,1-2H3,(H2,18,22)/t12-,13-,14-,16-,17?/m1/s1. The van der Waals surface area contributed by atoms with Crippen molar-refractivity contribution in [2.45, 2.75) is 42.8 Å². The molecule has 1 aromatic heterocycles. The van der Waals surface area contributed by atoms with Gasteiger partial charge in [-0.3, -0.25) is 8.98 Å². The first kappa shape index (κ1) is 20.8. The van der Waals surface area contributed by atoms with E-state index >= 15 is 0 Å². The minimum Gasteiger partial charge on any atom is -0.364 e. The van der Waals surface area contributed by atoms with Crippen LogP contribution < -0.4 is 5.73 Å². The van der Waals surface area contributed by atoms with Crippen molar-refractivity contribution in [3.05, 3.63) is 41.7 Å². The van der Waals surface area contributed by atoms with Crippen LogP contribution in [0.2, 0.25) is 0 Å². The van der Waals surface area contributed by atoms with Gasteiger partial charge in [-0.05, 0) is 19.1 Å². The predicted molar refractivity (Wildman–Crippen MR) is 97.3 cm³/mol. The third-order valence-corrected chi connectivity index (χ3v) is 6.00. The van der Waals surface area contributed by atoms with Crippen LogP contribution in [0.15, 0.2) is 35.4 Å². The molecule has 12 nitrogen and oxygen atoms in total. The van der Waals surface area contributed by atoms with E-state index in [9.17, 15) is 13.2 Å². The lowest BCUT2D eigenvalue weighted by Crippen LogP contribution is -2.33. The quantitative estimate of drug-likeness (QED) is 0.568. The maximum Gasteiger partial charge on any atom is 0.297 e. The van der Waals surface area contributed by atoms with Crippen LogP contribution in [-0.4, -0.2) is 67.8 Å². The second-order valence-corrected chi connectivity index (χ2v) is 8.37. The largest absolute Gasteiger partial charge is 0.364 e. The van der Waals surface area contributed by atoms with Crippen molar-refractivity contribution in [2.75, 3.05) is 13.7 Å². The average molecular weight is 440 g/mol. The summed E-state index contributed by atoms with van der Waals surface area (Å²) in [5.74, 6) is -0.752. The van der Waals surface area contributed by atoms with Gasteiger partial charge < -0.3 is 24.7 Å². The molecule has 0 radical (unpaired) electrons. The Kier molecular flexibility index (Phi) is 5.57. The topological polar surface area (TPSA) is 154 Å². The second-order valence-electron chi connectivity index (χ2n) is 6.76. The number of methoxy groups -OCH3 is 1. The highest BCUT2D eigenvalue weighted by Gasteiger charge is 2.55. The summed E-state index contributed by atoms with van der Waals surface area (Å²) in [4.78, 5) is 12.4. The van der Waals surface area contributed by atoms with Gasteiger partial charge in [0.2, 0.25) is 0 Å². The maximum atomic E-state index is 12.5. The molecular formula is C17H20N4O8S. The number of primary amides is 1. The molecule has 1 unspecified atom stereocenters. The zero-order valence-electron chi connectivity index (χ0n) is 16.1. The van der Waals surface area contributed by atoms with Crippen molar-refractivity contribution in [1.29, 1.82) is 0 Å². The van der Waals surface area contributed by atoms with Crippen molar-refractivity contribution in [1.82, 2.24) is 15.0 Å². The van der Waals surface area contributed by atoms with Crippen LogP contribution in [0.4, 0.5) is 0 Å². The third-order valence-electron chi connectivity index (χ3n) is 4.70. The summed E-state index contributed by atoms with van der Waals surface area (Å²) >= 11 is 0. The Morgan fingerprint density at radius 3 is 2.53 bits per heavy atom. The van der Waals surface area contributed by atoms with Gasteiger partial charge in [0, 0.05) is 7.11 Å². The number of nitrogens with two attached hydrogens (primary N) is 1. The van der Waals surface area contributed by atoms with Crippen molar-refractivity contribution in [2.24, 2.45) is 5.73 Å². The smallest absolute Gasteiger partial charge is 0.297 e. The highest BCUT2D eigenvalue weighted by Crippen LogP contribution is 2.39. The van der Waals surface area contributed by atoms with Crippen LogP contribution in [0, 0.1) is 6.92 Å². The molecule has 5 atom stereocenters. The Morgan fingerprint density at radius 2 is 1.90 bits per heavy atom. The van der Waals surface area contributed by atoms with Crippen LogP contribution in [-0.2, 0) is 33.2 Å². The van der Waals surface area contributed by atoms with Crippen LogP contribution in [0.3, 0.4) is 0 Å². The molecule has 0 saturated carbocycles. The SMILES string of the molecule is COC1O[C@@H]2[C@H](O1)[C@@H](COS(=O)(=O)c1ccc(C)cc1)O[C@H]2n1ncc(C(N)=O)n1. The summed E-state index contributed by atoms with van der Waals surface area (Å²) in [6, 6.07) is 6.26. The normalized spacial score (nSPS) is 28.5. The molecule has 2 aromatic rings. The van der Waals surface area contributed by atoms with Gasteiger partial charge in [0.15, 0.2) is 11.9 Å². The molecule has 0 bridgehead atoms. The van der Waals surface area contributed by atoms with E-state index in [0.717, 1.165) is 10.4 Å². The lowest BCUT2D eigenvalue weighted by Gasteiger charge is -2.19. The van der Waals surface area contributed by atoms with Gasteiger partial charge >= 0.3 is 0 Å². The number of nitrogens with zero attached hydrogens (tertiary/aromatic N) is 3. The van der Waals surface area contributed by atoms with Crippen LogP contribution in [0.25, 0.3) is 0 Å². The molecular weight excluding hydrogens is 420 g/mol. The van der Waals surface area contributed by atoms with Gasteiger partial charge in [-0.25, -0.2) is 0 Å². The van der Waals surface area contributed by atoms with Crippen LogP contribution in [0.1, 0.15) is 22.3 Å². The van der Waals surface area contributed by atoms with Crippen molar-refractivity contribution < 1.29 is 36.3 Å². The Bertz CT molecular complexity index is 1020. The van der Waals surface area contributed by atoms with Gasteiger partial charge in [0.25, 0.3) is 22.5 Å². The minimum atomic E-state index is -4.01. The number of benzene rings is 1. The Balaban J connectivity index is 1.51. The lowest BCUT2D eigenvalue weighted by molar-refractivity contribution is -0.257. The molecule has 1 amide bonds. The van der Waals surface area contributed by atoms with Crippen molar-refractivity contribution in [3.8, 4) is 0 Å². The molecule has 13 heteroatoms. The number of amides is 1. The van der Waals surface area contributed by atoms with Crippen LogP contribution >= 0.6 is 0 Å². The maximum absolute atomic E-state index is 12.5. The van der Waals surface area contributed by atoms with Crippen LogP contribution in [0.5, 0.6) is 0 Å². The van der Waals surface area contributed by atoms with Crippen molar-refractivity contribution in [3.63, 3.8) is 0 Å². The summed E-state index contributed by atoms with van der Waals surface area (Å²) < 4.78 is 52.3. The monoisotopic (exact) mass is 440 g/mol. The van der Waals surface area contributed by atoms with E-state index in [1.165, 1.54) is 25.4 Å². The van der Waals surface area contributed by atoms with Gasteiger partial charge in [-0.15, -0.1) is 5.10 Å². The second kappa shape index (κ2) is 8.02. The molecule has 162 valence electrons. The highest BCUT2D eigenvalue weighted by atomic mass is 32.2. The highest BCUT2D eigenvalue weighted by molar-refractivity contribution is 7.86. The summed E-state index contributed by atoms with van der Waals surface area (Å²) in [5, 5.41) is 7.95. The number of carbonyl (C=O) groups excluding carboxylic acids is 1. The zero-order chi connectivity index (χ0) is 21.5. The average Bonchev–Trinajstić information content (AvgIpc) is 3.42. The number of carbonyl (C=O) groups is 1. The molecule has 2 fully saturated rings. The number of fused-ring (bicyclic) bond motifs is 1. The van der Waals surface area contributed by atoms with E-state index in [1.807, 2.05) is 6.92 Å². The molecule has 2 N–H and O–H groups in total. The number of hydrogen-bond acceptors (Lipinski definition) is 10. The van der Waals surface area contributed by atoms with Gasteiger partial charge in [0.1, 0.15) is 18.3 Å². The molecule has 30 heavy (non-hydrogen) atoms. The summed E-state index contributed by atoms with van der Waals surface area (Å²) in [6.45, 7) is 0.534. The lowest BCUT2D eigenvalue weighted by atomic mass is 10.1. The summed E-state index contributed by atoms with van der Waals surface area (Å²) in [5.41, 5.74) is 6.07. The molecule has 0 spiro atoms. The molecule has 2 saturated heterocycles. The first-order valence-corrected chi connectivity index (χ1v) is 10.4. The Hall–Kier alpha value is -2.42. The fraction of sp³-hybridized carbons (Fsp3) is 0.471. The van der Waals surface area contributed by atoms with E-state index < -0.39 is 47.0 Å². The fourth-order valence-corrected chi connectivity index (χ4v) is 4.10. The molecule has 0 aliphatic carbocycles. The van der Waals surface area contributed by atoms with Crippen molar-refractivity contribution >= 4 is 16.0 Å². The van der Waals surface area contributed by atoms with E-state index in [1.54, 1.807) is 12.1 Å². The van der Waals surface area contributed by atoms with Gasteiger partial charge in [-0.1, -0.05) is 17.7 Å². The van der Waals surface area contributed by atoms with E-state index in [2.05, 4.69) is 10.2 Å². The number of aromatic nitrogens is 3. The Labute approximate surface area is 171 Å². The summed E-state index contributed by atoms with van der Waals surface area (Å²) in [7, 11) is -2.61. The fourth-order valence-electron chi connectivity index (χ4n) is 3.18. The Morgan fingerprint density at radius 1 is 1.20 bits per heavy atom. The minimum absolute atomic E-state index is 0.0254. The first-order chi connectivity index (χ1) is 14.3. The third kappa shape index (κ3) is 3.95. The summed E-state index contributed by atoms with van der Waals surface area (Å²) in [6.07, 6.45) is -1.98. The van der Waals surface area contributed by atoms with E-state index in [-0.39, 0.29) is 17.2 Å². The molecule has 1 aromatic carbocycles. The van der Waals surface area contributed by atoms with E-state index in [0.29, 0.717) is 0 Å². The van der Waals surface area contributed by atoms with Gasteiger partial charge in [-0.2, -0.15) is 18.3 Å². The number of ether oxygens (including phenoxy) is 4. The van der Waals surface area contributed by atoms with E-state index in [4.69, 9.17) is 28.9 Å². The number of hydrogen-bond donors (Lipinski definition) is 1. The molecule has 2 aliphatic heterocycles. The first-order valence-electron chi connectivity index (χ1n) is 8.95. The zero-order valence-corrected chi connectivity index (χ0v) is 16.9. The molecule has 2 aliphatic rings. The number of rotatable bonds is 7. The molecule has 3 heterocycles. The number of aryl methyl sites for hydroxylation is 1. The van der Waals surface area contributed by atoms with Gasteiger partial charge in [0.05, 0.1) is 17.7 Å². The molecule has 4 rings (SSSR count).